The normalized spacial score (nSPS) is 20.3. The van der Waals surface area contributed by atoms with Crippen molar-refractivity contribution in [3.05, 3.63) is 39.9 Å². The number of hydrogen-bond donors (Lipinski definition) is 1. The minimum atomic E-state index is 0.455. The molecule has 1 unspecified atom stereocenters. The molecule has 2 aromatic rings. The lowest BCUT2D eigenvalue weighted by atomic mass is 10.2. The Morgan fingerprint density at radius 2 is 1.78 bits per heavy atom. The molecule has 0 aromatic carbocycles. The van der Waals surface area contributed by atoms with E-state index in [2.05, 4.69) is 60.0 Å². The SMILES string of the molecule is CN=C(NCC(c1cccs1)N1CCCC1)N1CCN(c2cccs2)CC1. The first-order chi connectivity index (χ1) is 13.3. The molecule has 2 aliphatic heterocycles. The summed E-state index contributed by atoms with van der Waals surface area (Å²) in [6, 6.07) is 9.25. The van der Waals surface area contributed by atoms with Crippen molar-refractivity contribution in [3.8, 4) is 0 Å². The number of rotatable bonds is 5. The van der Waals surface area contributed by atoms with Gasteiger partial charge in [0.05, 0.1) is 11.0 Å². The molecular formula is C20H29N5S2. The smallest absolute Gasteiger partial charge is 0.193 e. The van der Waals surface area contributed by atoms with Crippen molar-refractivity contribution in [3.63, 3.8) is 0 Å². The molecule has 4 heterocycles. The Hall–Kier alpha value is -1.57. The van der Waals surface area contributed by atoms with Gasteiger partial charge in [-0.15, -0.1) is 22.7 Å². The second kappa shape index (κ2) is 9.08. The van der Waals surface area contributed by atoms with Crippen molar-refractivity contribution in [2.75, 3.05) is 57.8 Å². The minimum Gasteiger partial charge on any atom is -0.360 e. The maximum absolute atomic E-state index is 4.58. The fourth-order valence-electron chi connectivity index (χ4n) is 4.05. The number of anilines is 1. The summed E-state index contributed by atoms with van der Waals surface area (Å²) in [6.45, 7) is 7.50. The highest BCUT2D eigenvalue weighted by Gasteiger charge is 2.26. The molecule has 146 valence electrons. The second-order valence-corrected chi connectivity index (χ2v) is 9.03. The predicted molar refractivity (Wildman–Crippen MR) is 117 cm³/mol. The average Bonchev–Trinajstić information content (AvgIpc) is 3.49. The fourth-order valence-corrected chi connectivity index (χ4v) is 5.70. The Labute approximate surface area is 170 Å². The van der Waals surface area contributed by atoms with Gasteiger partial charge in [-0.1, -0.05) is 6.07 Å². The zero-order chi connectivity index (χ0) is 18.5. The van der Waals surface area contributed by atoms with Crippen LogP contribution in [0.2, 0.25) is 0 Å². The monoisotopic (exact) mass is 403 g/mol. The van der Waals surface area contributed by atoms with E-state index in [1.165, 1.54) is 35.8 Å². The van der Waals surface area contributed by atoms with E-state index in [1.54, 1.807) is 0 Å². The number of likely N-dealkylation sites (tertiary alicyclic amines) is 1. The van der Waals surface area contributed by atoms with Crippen LogP contribution >= 0.6 is 22.7 Å². The third-order valence-corrected chi connectivity index (χ3v) is 7.42. The van der Waals surface area contributed by atoms with Gasteiger partial charge in [-0.3, -0.25) is 9.89 Å². The van der Waals surface area contributed by atoms with Crippen molar-refractivity contribution >= 4 is 33.6 Å². The van der Waals surface area contributed by atoms with Gasteiger partial charge in [0.15, 0.2) is 5.96 Å². The highest BCUT2D eigenvalue weighted by molar-refractivity contribution is 7.14. The molecule has 2 saturated heterocycles. The Morgan fingerprint density at radius 3 is 2.41 bits per heavy atom. The zero-order valence-electron chi connectivity index (χ0n) is 16.0. The highest BCUT2D eigenvalue weighted by Crippen LogP contribution is 2.28. The van der Waals surface area contributed by atoms with Crippen molar-refractivity contribution in [2.45, 2.75) is 18.9 Å². The van der Waals surface area contributed by atoms with Crippen LogP contribution < -0.4 is 10.2 Å². The molecule has 1 N–H and O–H groups in total. The Balaban J connectivity index is 1.34. The maximum atomic E-state index is 4.58. The van der Waals surface area contributed by atoms with Gasteiger partial charge in [0, 0.05) is 44.6 Å². The summed E-state index contributed by atoms with van der Waals surface area (Å²) in [5, 5.41) is 9.41. The van der Waals surface area contributed by atoms with Crippen molar-refractivity contribution in [2.24, 2.45) is 4.99 Å². The fraction of sp³-hybridized carbons (Fsp3) is 0.550. The van der Waals surface area contributed by atoms with Crippen LogP contribution in [0.15, 0.2) is 40.0 Å². The van der Waals surface area contributed by atoms with Crippen molar-refractivity contribution < 1.29 is 0 Å². The van der Waals surface area contributed by atoms with Gasteiger partial charge in [0.1, 0.15) is 0 Å². The summed E-state index contributed by atoms with van der Waals surface area (Å²) in [4.78, 5) is 13.5. The van der Waals surface area contributed by atoms with Crippen LogP contribution in [0.5, 0.6) is 0 Å². The third kappa shape index (κ3) is 4.47. The second-order valence-electron chi connectivity index (χ2n) is 7.13. The number of thiophene rings is 2. The van der Waals surface area contributed by atoms with Crippen LogP contribution in [0.1, 0.15) is 23.8 Å². The molecular weight excluding hydrogens is 374 g/mol. The quantitative estimate of drug-likeness (QED) is 0.613. The molecule has 0 amide bonds. The molecule has 0 bridgehead atoms. The number of hydrogen-bond acceptors (Lipinski definition) is 5. The molecule has 0 aliphatic carbocycles. The van der Waals surface area contributed by atoms with Crippen molar-refractivity contribution in [1.29, 1.82) is 0 Å². The summed E-state index contributed by atoms with van der Waals surface area (Å²) >= 11 is 3.70. The summed E-state index contributed by atoms with van der Waals surface area (Å²) in [5.41, 5.74) is 0. The van der Waals surface area contributed by atoms with Crippen LogP contribution in [0.3, 0.4) is 0 Å². The van der Waals surface area contributed by atoms with E-state index in [4.69, 9.17) is 0 Å². The van der Waals surface area contributed by atoms with Gasteiger partial charge in [-0.05, 0) is 54.9 Å². The third-order valence-electron chi connectivity index (χ3n) is 5.52. The summed E-state index contributed by atoms with van der Waals surface area (Å²) < 4.78 is 0. The van der Waals surface area contributed by atoms with Gasteiger partial charge in [0.25, 0.3) is 0 Å². The standard InChI is InChI=1S/C20H29N5S2/c1-21-20(25-12-10-24(11-13-25)19-7-5-15-27-19)22-16-17(18-6-4-14-26-18)23-8-2-3-9-23/h4-7,14-15,17H,2-3,8-13,16H2,1H3,(H,21,22). The summed E-state index contributed by atoms with van der Waals surface area (Å²) in [7, 11) is 1.91. The van der Waals surface area contributed by atoms with Crippen molar-refractivity contribution in [1.82, 2.24) is 15.1 Å². The number of nitrogens with one attached hydrogen (secondary N) is 1. The van der Waals surface area contributed by atoms with Crippen LogP contribution in [-0.4, -0.2) is 68.6 Å². The number of aliphatic imine (C=N–C) groups is 1. The van der Waals surface area contributed by atoms with Crippen LogP contribution in [0, 0.1) is 0 Å². The molecule has 0 radical (unpaired) electrons. The maximum Gasteiger partial charge on any atom is 0.193 e. The average molecular weight is 404 g/mol. The number of piperazine rings is 1. The Morgan fingerprint density at radius 1 is 1.04 bits per heavy atom. The Kier molecular flexibility index (Phi) is 6.32. The lowest BCUT2D eigenvalue weighted by Gasteiger charge is -2.37. The number of nitrogens with zero attached hydrogens (tertiary/aromatic N) is 4. The molecule has 2 fully saturated rings. The molecule has 4 rings (SSSR count). The molecule has 2 aliphatic rings. The largest absolute Gasteiger partial charge is 0.360 e. The van der Waals surface area contributed by atoms with E-state index in [0.29, 0.717) is 6.04 Å². The Bertz CT molecular complexity index is 699. The molecule has 5 nitrogen and oxygen atoms in total. The summed E-state index contributed by atoms with van der Waals surface area (Å²) in [5.74, 6) is 1.04. The topological polar surface area (TPSA) is 34.1 Å². The number of guanidine groups is 1. The van der Waals surface area contributed by atoms with E-state index in [9.17, 15) is 0 Å². The van der Waals surface area contributed by atoms with E-state index in [0.717, 1.165) is 38.7 Å². The van der Waals surface area contributed by atoms with Gasteiger partial charge in [0.2, 0.25) is 0 Å². The molecule has 27 heavy (non-hydrogen) atoms. The highest BCUT2D eigenvalue weighted by atomic mass is 32.1. The molecule has 7 heteroatoms. The summed E-state index contributed by atoms with van der Waals surface area (Å²) in [6.07, 6.45) is 2.64. The minimum absolute atomic E-state index is 0.455. The molecule has 0 saturated carbocycles. The van der Waals surface area contributed by atoms with Gasteiger partial charge in [-0.2, -0.15) is 0 Å². The zero-order valence-corrected chi connectivity index (χ0v) is 17.6. The molecule has 1 atom stereocenters. The van der Waals surface area contributed by atoms with Crippen LogP contribution in [0.4, 0.5) is 5.00 Å². The van der Waals surface area contributed by atoms with E-state index in [-0.39, 0.29) is 0 Å². The van der Waals surface area contributed by atoms with Crippen LogP contribution in [0.25, 0.3) is 0 Å². The molecule has 0 spiro atoms. The van der Waals surface area contributed by atoms with E-state index >= 15 is 0 Å². The van der Waals surface area contributed by atoms with Crippen LogP contribution in [-0.2, 0) is 0 Å². The first-order valence-corrected chi connectivity index (χ1v) is 11.6. The first kappa shape index (κ1) is 18.8. The van der Waals surface area contributed by atoms with E-state index < -0.39 is 0 Å². The first-order valence-electron chi connectivity index (χ1n) is 9.86. The lowest BCUT2D eigenvalue weighted by molar-refractivity contribution is 0.246. The predicted octanol–water partition coefficient (Wildman–Crippen LogP) is 3.34. The van der Waals surface area contributed by atoms with Gasteiger partial charge < -0.3 is 15.1 Å². The molecule has 2 aromatic heterocycles. The van der Waals surface area contributed by atoms with E-state index in [1.807, 2.05) is 29.7 Å². The van der Waals surface area contributed by atoms with Gasteiger partial charge in [-0.25, -0.2) is 0 Å². The van der Waals surface area contributed by atoms with Gasteiger partial charge >= 0.3 is 0 Å². The lowest BCUT2D eigenvalue weighted by Crippen LogP contribution is -2.53.